The monoisotopic (exact) mass is 245 g/mol. The van der Waals surface area contributed by atoms with Gasteiger partial charge in [-0.2, -0.15) is 0 Å². The highest BCUT2D eigenvalue weighted by Crippen LogP contribution is 2.20. The number of rotatable bonds is 1. The van der Waals surface area contributed by atoms with E-state index in [9.17, 15) is 4.39 Å². The predicted octanol–water partition coefficient (Wildman–Crippen LogP) is 3.47. The summed E-state index contributed by atoms with van der Waals surface area (Å²) in [5.41, 5.74) is 0. The molecule has 0 bridgehead atoms. The standard InChI is InChI=1S/C7H3BrFNO.C2H6/c8-5-1-2-7(11-4-10)6(9)3-5;1-2/h1-3H;1-2H3. The third kappa shape index (κ3) is 3.90. The molecule has 0 saturated carbocycles. The lowest BCUT2D eigenvalue weighted by Crippen LogP contribution is -1.85. The van der Waals surface area contributed by atoms with Crippen LogP contribution >= 0.6 is 15.9 Å². The first-order chi connectivity index (χ1) is 6.24. The fraction of sp³-hybridized carbons (Fsp3) is 0.222. The van der Waals surface area contributed by atoms with Crippen molar-refractivity contribution >= 4 is 15.9 Å². The topological polar surface area (TPSA) is 33.0 Å². The third-order valence-electron chi connectivity index (χ3n) is 1.05. The lowest BCUT2D eigenvalue weighted by atomic mass is 10.3. The largest absolute Gasteiger partial charge is 0.385 e. The minimum Gasteiger partial charge on any atom is -0.385 e. The Morgan fingerprint density at radius 2 is 2.08 bits per heavy atom. The zero-order valence-corrected chi connectivity index (χ0v) is 8.93. The van der Waals surface area contributed by atoms with Gasteiger partial charge in [0.05, 0.1) is 0 Å². The van der Waals surface area contributed by atoms with Gasteiger partial charge >= 0.3 is 0 Å². The molecule has 0 atom stereocenters. The number of nitrogens with zero attached hydrogens (tertiary/aromatic N) is 1. The summed E-state index contributed by atoms with van der Waals surface area (Å²) >= 11 is 3.07. The van der Waals surface area contributed by atoms with Gasteiger partial charge < -0.3 is 4.74 Å². The van der Waals surface area contributed by atoms with E-state index in [2.05, 4.69) is 20.7 Å². The molecular formula is C9H9BrFNO. The van der Waals surface area contributed by atoms with E-state index in [0.717, 1.165) is 0 Å². The molecule has 1 rings (SSSR count). The summed E-state index contributed by atoms with van der Waals surface area (Å²) in [6.45, 7) is 4.00. The predicted molar refractivity (Wildman–Crippen MR) is 51.7 cm³/mol. The van der Waals surface area contributed by atoms with Gasteiger partial charge in [-0.15, -0.1) is 5.26 Å². The van der Waals surface area contributed by atoms with Crippen molar-refractivity contribution in [2.45, 2.75) is 13.8 Å². The summed E-state index contributed by atoms with van der Waals surface area (Å²) in [6, 6.07) is 4.20. The van der Waals surface area contributed by atoms with E-state index in [-0.39, 0.29) is 5.75 Å². The first kappa shape index (κ1) is 11.9. The summed E-state index contributed by atoms with van der Waals surface area (Å²) in [5.74, 6) is -0.614. The fourth-order valence-electron chi connectivity index (χ4n) is 0.607. The van der Waals surface area contributed by atoms with Gasteiger partial charge in [0.1, 0.15) is 0 Å². The Balaban J connectivity index is 0.000000671. The third-order valence-corrected chi connectivity index (χ3v) is 1.54. The van der Waals surface area contributed by atoms with Crippen LogP contribution in [0.5, 0.6) is 5.75 Å². The zero-order chi connectivity index (χ0) is 10.3. The second-order valence-electron chi connectivity index (χ2n) is 1.77. The van der Waals surface area contributed by atoms with Crippen LogP contribution in [0.3, 0.4) is 0 Å². The Bertz CT molecular complexity index is 309. The lowest BCUT2D eigenvalue weighted by Gasteiger charge is -1.96. The van der Waals surface area contributed by atoms with E-state index in [4.69, 9.17) is 5.26 Å². The highest BCUT2D eigenvalue weighted by atomic mass is 79.9. The number of hydrogen-bond donors (Lipinski definition) is 0. The number of hydrogen-bond acceptors (Lipinski definition) is 2. The number of nitriles is 1. The zero-order valence-electron chi connectivity index (χ0n) is 7.34. The van der Waals surface area contributed by atoms with Crippen LogP contribution in [0.2, 0.25) is 0 Å². The van der Waals surface area contributed by atoms with E-state index >= 15 is 0 Å². The van der Waals surface area contributed by atoms with Crippen molar-refractivity contribution in [2.24, 2.45) is 0 Å². The summed E-state index contributed by atoms with van der Waals surface area (Å²) in [6.07, 6.45) is 1.39. The van der Waals surface area contributed by atoms with Gasteiger partial charge in [0.2, 0.25) is 0 Å². The van der Waals surface area contributed by atoms with Crippen molar-refractivity contribution in [3.63, 3.8) is 0 Å². The van der Waals surface area contributed by atoms with E-state index in [1.165, 1.54) is 18.4 Å². The average Bonchev–Trinajstić information content (AvgIpc) is 2.14. The maximum absolute atomic E-state index is 12.7. The quantitative estimate of drug-likeness (QED) is 0.710. The Labute approximate surface area is 85.1 Å². The minimum atomic E-state index is -0.555. The summed E-state index contributed by atoms with van der Waals surface area (Å²) in [5, 5.41) is 8.06. The molecule has 0 spiro atoms. The first-order valence-corrected chi connectivity index (χ1v) is 4.54. The van der Waals surface area contributed by atoms with Crippen LogP contribution in [0.1, 0.15) is 13.8 Å². The molecule has 0 radical (unpaired) electrons. The SMILES string of the molecule is CC.N#COc1ccc(Br)cc1F. The van der Waals surface area contributed by atoms with E-state index in [0.29, 0.717) is 4.47 Å². The molecule has 4 heteroatoms. The van der Waals surface area contributed by atoms with Crippen LogP contribution in [0.4, 0.5) is 4.39 Å². The van der Waals surface area contributed by atoms with Crippen LogP contribution in [0.25, 0.3) is 0 Å². The van der Waals surface area contributed by atoms with Crippen LogP contribution in [-0.4, -0.2) is 0 Å². The Kier molecular flexibility index (Phi) is 5.90. The van der Waals surface area contributed by atoms with Crippen molar-refractivity contribution in [3.8, 4) is 12.0 Å². The number of benzene rings is 1. The normalized spacial score (nSPS) is 7.92. The van der Waals surface area contributed by atoms with Crippen molar-refractivity contribution in [1.29, 1.82) is 5.26 Å². The number of halogens is 2. The molecule has 13 heavy (non-hydrogen) atoms. The van der Waals surface area contributed by atoms with Crippen LogP contribution < -0.4 is 4.74 Å². The maximum atomic E-state index is 12.7. The average molecular weight is 246 g/mol. The molecule has 0 unspecified atom stereocenters. The molecule has 0 aliphatic rings. The fourth-order valence-corrected chi connectivity index (χ4v) is 0.940. The molecule has 70 valence electrons. The maximum Gasteiger partial charge on any atom is 0.292 e. The van der Waals surface area contributed by atoms with E-state index in [1.54, 1.807) is 6.07 Å². The molecule has 1 aromatic rings. The molecule has 0 saturated heterocycles. The van der Waals surface area contributed by atoms with Crippen LogP contribution in [-0.2, 0) is 0 Å². The molecule has 0 fully saturated rings. The van der Waals surface area contributed by atoms with Gasteiger partial charge in [-0.1, -0.05) is 29.8 Å². The second-order valence-corrected chi connectivity index (χ2v) is 2.68. The van der Waals surface area contributed by atoms with Crippen LogP contribution in [0, 0.1) is 17.3 Å². The summed E-state index contributed by atoms with van der Waals surface area (Å²) < 4.78 is 17.6. The lowest BCUT2D eigenvalue weighted by molar-refractivity contribution is 0.460. The Morgan fingerprint density at radius 3 is 2.54 bits per heavy atom. The van der Waals surface area contributed by atoms with Crippen molar-refractivity contribution < 1.29 is 9.13 Å². The molecule has 1 aromatic carbocycles. The molecule has 0 aromatic heterocycles. The molecule has 2 nitrogen and oxygen atoms in total. The van der Waals surface area contributed by atoms with Gasteiger partial charge in [-0.05, 0) is 18.2 Å². The highest BCUT2D eigenvalue weighted by molar-refractivity contribution is 9.10. The molecule has 0 heterocycles. The van der Waals surface area contributed by atoms with Crippen LogP contribution in [0.15, 0.2) is 22.7 Å². The van der Waals surface area contributed by atoms with Crippen molar-refractivity contribution in [1.82, 2.24) is 0 Å². The van der Waals surface area contributed by atoms with Gasteiger partial charge in [0.25, 0.3) is 6.26 Å². The molecule has 0 amide bonds. The smallest absolute Gasteiger partial charge is 0.292 e. The minimum absolute atomic E-state index is 0.0595. The molecule has 0 aliphatic carbocycles. The van der Waals surface area contributed by atoms with Crippen molar-refractivity contribution in [2.75, 3.05) is 0 Å². The summed E-state index contributed by atoms with van der Waals surface area (Å²) in [7, 11) is 0. The van der Waals surface area contributed by atoms with Gasteiger partial charge in [-0.25, -0.2) is 4.39 Å². The Hall–Kier alpha value is -1.08. The molecule has 0 N–H and O–H groups in total. The van der Waals surface area contributed by atoms with E-state index in [1.807, 2.05) is 13.8 Å². The van der Waals surface area contributed by atoms with Gasteiger partial charge in [0.15, 0.2) is 11.6 Å². The van der Waals surface area contributed by atoms with Gasteiger partial charge in [0, 0.05) is 4.47 Å². The Morgan fingerprint density at radius 1 is 1.46 bits per heavy atom. The van der Waals surface area contributed by atoms with Crippen molar-refractivity contribution in [3.05, 3.63) is 28.5 Å². The number of ether oxygens (including phenoxy) is 1. The van der Waals surface area contributed by atoms with Gasteiger partial charge in [-0.3, -0.25) is 0 Å². The highest BCUT2D eigenvalue weighted by Gasteiger charge is 2.02. The summed E-state index contributed by atoms with van der Waals surface area (Å²) in [4.78, 5) is 0. The van der Waals surface area contributed by atoms with E-state index < -0.39 is 5.82 Å². The molecule has 0 aliphatic heterocycles. The molecular weight excluding hydrogens is 237 g/mol. The first-order valence-electron chi connectivity index (χ1n) is 3.75. The second kappa shape index (κ2) is 6.44.